The topological polar surface area (TPSA) is 71.3 Å². The number of aryl methyl sites for hydroxylation is 1. The van der Waals surface area contributed by atoms with Crippen molar-refractivity contribution in [3.63, 3.8) is 0 Å². The Morgan fingerprint density at radius 2 is 2.08 bits per heavy atom. The van der Waals surface area contributed by atoms with E-state index in [-0.39, 0.29) is 11.4 Å². The minimum Gasteiger partial charge on any atom is -0.258 e. The standard InChI is InChI=1S/C8H8N3O2/c1-5-3-7(10-9)6(2)8(4-5)11(12)13/h3-4H,1-2H3/q+1. The molecule has 0 aliphatic heterocycles. The van der Waals surface area contributed by atoms with Gasteiger partial charge in [-0.1, -0.05) is 0 Å². The zero-order valence-corrected chi connectivity index (χ0v) is 7.31. The van der Waals surface area contributed by atoms with Gasteiger partial charge in [-0.25, -0.2) is 0 Å². The second-order valence-corrected chi connectivity index (χ2v) is 2.79. The van der Waals surface area contributed by atoms with E-state index in [1.807, 2.05) is 0 Å². The second-order valence-electron chi connectivity index (χ2n) is 2.79. The minimum absolute atomic E-state index is 0.0206. The van der Waals surface area contributed by atoms with E-state index >= 15 is 0 Å². The number of nitro groups is 1. The fourth-order valence-electron chi connectivity index (χ4n) is 1.11. The summed E-state index contributed by atoms with van der Waals surface area (Å²) in [4.78, 5) is 13.0. The summed E-state index contributed by atoms with van der Waals surface area (Å²) in [5.74, 6) is 0. The van der Waals surface area contributed by atoms with Crippen LogP contribution < -0.4 is 0 Å². The predicted octanol–water partition coefficient (Wildman–Crippen LogP) is 2.70. The minimum atomic E-state index is -0.489. The van der Waals surface area contributed by atoms with Crippen LogP contribution >= 0.6 is 0 Å². The Labute approximate surface area is 74.8 Å². The Bertz CT molecular complexity index is 407. The van der Waals surface area contributed by atoms with Crippen LogP contribution in [0, 0.1) is 29.4 Å². The summed E-state index contributed by atoms with van der Waals surface area (Å²) in [5, 5.41) is 19.1. The summed E-state index contributed by atoms with van der Waals surface area (Å²) in [5.41, 5.74) is 1.29. The quantitative estimate of drug-likeness (QED) is 0.377. The maximum atomic E-state index is 10.5. The highest BCUT2D eigenvalue weighted by Gasteiger charge is 2.21. The zero-order chi connectivity index (χ0) is 10.0. The molecule has 0 saturated carbocycles. The molecule has 0 N–H and O–H groups in total. The van der Waals surface area contributed by atoms with Crippen molar-refractivity contribution in [2.24, 2.45) is 0 Å². The first-order valence-electron chi connectivity index (χ1n) is 3.67. The van der Waals surface area contributed by atoms with Crippen LogP contribution in [0.1, 0.15) is 11.1 Å². The van der Waals surface area contributed by atoms with Gasteiger partial charge in [-0.15, -0.1) is 0 Å². The van der Waals surface area contributed by atoms with Crippen LogP contribution in [-0.4, -0.2) is 4.92 Å². The number of rotatable bonds is 1. The van der Waals surface area contributed by atoms with Crippen molar-refractivity contribution in [1.82, 2.24) is 0 Å². The van der Waals surface area contributed by atoms with Crippen molar-refractivity contribution < 1.29 is 4.92 Å². The SMILES string of the molecule is Cc1cc([N+]#N)c(C)c([N+](=O)[O-])c1. The van der Waals surface area contributed by atoms with Crippen molar-refractivity contribution in [3.8, 4) is 0 Å². The number of diazo groups is 1. The molecule has 0 atom stereocenters. The average molecular weight is 178 g/mol. The molecule has 0 amide bonds. The zero-order valence-electron chi connectivity index (χ0n) is 7.31. The van der Waals surface area contributed by atoms with Gasteiger partial charge in [-0.3, -0.25) is 10.1 Å². The third-order valence-electron chi connectivity index (χ3n) is 1.80. The molecule has 66 valence electrons. The fraction of sp³-hybridized carbons (Fsp3) is 0.250. The second kappa shape index (κ2) is 3.19. The molecule has 0 aliphatic rings. The molecule has 13 heavy (non-hydrogen) atoms. The Kier molecular flexibility index (Phi) is 2.24. The highest BCUT2D eigenvalue weighted by atomic mass is 16.6. The van der Waals surface area contributed by atoms with Gasteiger partial charge in [0, 0.05) is 12.1 Å². The molecular formula is C8H8N3O2+. The first-order chi connectivity index (χ1) is 6.06. The van der Waals surface area contributed by atoms with Crippen LogP contribution in [0.5, 0.6) is 0 Å². The van der Waals surface area contributed by atoms with E-state index in [0.29, 0.717) is 11.1 Å². The molecule has 0 fully saturated rings. The number of hydrogen-bond acceptors (Lipinski definition) is 3. The summed E-state index contributed by atoms with van der Waals surface area (Å²) in [6, 6.07) is 3.03. The van der Waals surface area contributed by atoms with Gasteiger partial charge in [-0.05, 0) is 19.4 Å². The van der Waals surface area contributed by atoms with Crippen LogP contribution in [0.4, 0.5) is 11.4 Å². The first-order valence-corrected chi connectivity index (χ1v) is 3.67. The van der Waals surface area contributed by atoms with Gasteiger partial charge in [0.15, 0.2) is 4.98 Å². The molecule has 0 radical (unpaired) electrons. The molecule has 0 aromatic heterocycles. The lowest BCUT2D eigenvalue weighted by Gasteiger charge is -1.94. The summed E-state index contributed by atoms with van der Waals surface area (Å²) < 4.78 is 0. The van der Waals surface area contributed by atoms with Gasteiger partial charge in [0.25, 0.3) is 5.69 Å². The molecule has 0 aliphatic carbocycles. The smallest absolute Gasteiger partial charge is 0.258 e. The van der Waals surface area contributed by atoms with Crippen molar-refractivity contribution >= 4 is 11.4 Å². The van der Waals surface area contributed by atoms with Crippen molar-refractivity contribution in [2.75, 3.05) is 0 Å². The van der Waals surface area contributed by atoms with Crippen molar-refractivity contribution in [3.05, 3.63) is 38.3 Å². The summed E-state index contributed by atoms with van der Waals surface area (Å²) >= 11 is 0. The van der Waals surface area contributed by atoms with Crippen LogP contribution in [0.2, 0.25) is 0 Å². The van der Waals surface area contributed by atoms with Crippen LogP contribution in [0.3, 0.4) is 0 Å². The van der Waals surface area contributed by atoms with Crippen LogP contribution in [0.15, 0.2) is 12.1 Å². The van der Waals surface area contributed by atoms with Crippen LogP contribution in [-0.2, 0) is 0 Å². The van der Waals surface area contributed by atoms with Gasteiger partial charge >= 0.3 is 5.69 Å². The molecular weight excluding hydrogens is 170 g/mol. The molecule has 1 aromatic rings. The lowest BCUT2D eigenvalue weighted by molar-refractivity contribution is -0.385. The molecule has 0 saturated heterocycles. The molecule has 5 nitrogen and oxygen atoms in total. The maximum absolute atomic E-state index is 10.5. The Morgan fingerprint density at radius 1 is 1.46 bits per heavy atom. The molecule has 0 bridgehead atoms. The van der Waals surface area contributed by atoms with Gasteiger partial charge in [0.1, 0.15) is 5.56 Å². The molecule has 1 aromatic carbocycles. The van der Waals surface area contributed by atoms with E-state index in [9.17, 15) is 10.1 Å². The average Bonchev–Trinajstić information content (AvgIpc) is 2.08. The number of hydrogen-bond donors (Lipinski definition) is 0. The Balaban J connectivity index is 3.47. The van der Waals surface area contributed by atoms with Gasteiger partial charge < -0.3 is 0 Å². The predicted molar refractivity (Wildman–Crippen MR) is 47.3 cm³/mol. The fourth-order valence-corrected chi connectivity index (χ4v) is 1.11. The van der Waals surface area contributed by atoms with Gasteiger partial charge in [-0.2, -0.15) is 0 Å². The molecule has 5 heteroatoms. The number of benzene rings is 1. The van der Waals surface area contributed by atoms with E-state index < -0.39 is 4.92 Å². The summed E-state index contributed by atoms with van der Waals surface area (Å²) in [6.07, 6.45) is 0. The molecule has 0 heterocycles. The maximum Gasteiger partial charge on any atom is 0.395 e. The van der Waals surface area contributed by atoms with Crippen molar-refractivity contribution in [2.45, 2.75) is 13.8 Å². The van der Waals surface area contributed by atoms with Gasteiger partial charge in [0.05, 0.1) is 4.92 Å². The lowest BCUT2D eigenvalue weighted by Crippen LogP contribution is -1.92. The van der Waals surface area contributed by atoms with E-state index in [0.717, 1.165) is 0 Å². The molecule has 0 unspecified atom stereocenters. The Hall–Kier alpha value is -1.96. The van der Waals surface area contributed by atoms with E-state index in [4.69, 9.17) is 5.39 Å². The van der Waals surface area contributed by atoms with E-state index in [1.165, 1.54) is 6.07 Å². The third-order valence-corrected chi connectivity index (χ3v) is 1.80. The third kappa shape index (κ3) is 1.62. The monoisotopic (exact) mass is 178 g/mol. The van der Waals surface area contributed by atoms with Crippen molar-refractivity contribution in [1.29, 1.82) is 5.39 Å². The molecule has 0 spiro atoms. The summed E-state index contributed by atoms with van der Waals surface area (Å²) in [6.45, 7) is 3.26. The van der Waals surface area contributed by atoms with Gasteiger partial charge in [0.2, 0.25) is 5.39 Å². The number of nitro benzene ring substituents is 1. The first kappa shape index (κ1) is 9.13. The summed E-state index contributed by atoms with van der Waals surface area (Å²) in [7, 11) is 0. The normalized spacial score (nSPS) is 9.31. The van der Waals surface area contributed by atoms with Crippen LogP contribution in [0.25, 0.3) is 4.98 Å². The Morgan fingerprint density at radius 3 is 2.54 bits per heavy atom. The highest BCUT2D eigenvalue weighted by Crippen LogP contribution is 2.29. The lowest BCUT2D eigenvalue weighted by atomic mass is 10.1. The molecule has 1 rings (SSSR count). The number of nitrogens with zero attached hydrogens (tertiary/aromatic N) is 3. The van der Waals surface area contributed by atoms with E-state index in [1.54, 1.807) is 19.9 Å². The highest BCUT2D eigenvalue weighted by molar-refractivity contribution is 5.62. The van der Waals surface area contributed by atoms with E-state index in [2.05, 4.69) is 4.98 Å². The largest absolute Gasteiger partial charge is 0.395 e.